The average Bonchev–Trinajstić information content (AvgIpc) is 3.05. The first-order chi connectivity index (χ1) is 11.0. The number of carbonyl (C=O) groups excluding carboxylic acids is 2. The standard InChI is InChI=1S/C15H17Cl2N3O3/c1-23-3-2-19-6-9-7-20(8-11(9)15(19)22)14(21)10-5-18-13(17)4-12(10)16/h4-5,9,11H,2-3,6-8H2,1H3/t9-,11+/m1/s1. The lowest BCUT2D eigenvalue weighted by molar-refractivity contribution is -0.131. The number of hydrogen-bond acceptors (Lipinski definition) is 4. The number of halogens is 2. The molecule has 2 amide bonds. The molecular formula is C15H17Cl2N3O3. The van der Waals surface area contributed by atoms with Crippen molar-refractivity contribution < 1.29 is 14.3 Å². The lowest BCUT2D eigenvalue weighted by Crippen LogP contribution is -2.37. The number of ether oxygens (including phenoxy) is 1. The van der Waals surface area contributed by atoms with Crippen molar-refractivity contribution in [3.05, 3.63) is 28.0 Å². The molecule has 2 aliphatic rings. The van der Waals surface area contributed by atoms with E-state index in [0.29, 0.717) is 38.3 Å². The molecular weight excluding hydrogens is 341 g/mol. The van der Waals surface area contributed by atoms with E-state index in [-0.39, 0.29) is 33.8 Å². The van der Waals surface area contributed by atoms with Crippen LogP contribution in [0.4, 0.5) is 0 Å². The fourth-order valence-electron chi connectivity index (χ4n) is 3.25. The van der Waals surface area contributed by atoms with Gasteiger partial charge < -0.3 is 14.5 Å². The zero-order valence-electron chi connectivity index (χ0n) is 12.7. The van der Waals surface area contributed by atoms with Crippen molar-refractivity contribution in [2.24, 2.45) is 11.8 Å². The van der Waals surface area contributed by atoms with Gasteiger partial charge in [-0.15, -0.1) is 0 Å². The topological polar surface area (TPSA) is 62.7 Å². The Kier molecular flexibility index (Phi) is 4.75. The van der Waals surface area contributed by atoms with Crippen LogP contribution in [0.5, 0.6) is 0 Å². The molecule has 8 heteroatoms. The number of fused-ring (bicyclic) bond motifs is 1. The highest BCUT2D eigenvalue weighted by atomic mass is 35.5. The van der Waals surface area contributed by atoms with Crippen LogP contribution in [0.25, 0.3) is 0 Å². The molecule has 6 nitrogen and oxygen atoms in total. The molecule has 124 valence electrons. The van der Waals surface area contributed by atoms with Gasteiger partial charge in [-0.05, 0) is 6.07 Å². The van der Waals surface area contributed by atoms with Gasteiger partial charge in [-0.1, -0.05) is 23.2 Å². The quantitative estimate of drug-likeness (QED) is 0.767. The summed E-state index contributed by atoms with van der Waals surface area (Å²) >= 11 is 11.8. The Bertz CT molecular complexity index is 640. The van der Waals surface area contributed by atoms with E-state index in [1.807, 2.05) is 4.90 Å². The molecule has 23 heavy (non-hydrogen) atoms. The summed E-state index contributed by atoms with van der Waals surface area (Å²) in [6.45, 7) is 2.77. The Labute approximate surface area is 144 Å². The summed E-state index contributed by atoms with van der Waals surface area (Å²) in [6.07, 6.45) is 1.38. The molecule has 3 rings (SSSR count). The second-order valence-corrected chi connectivity index (χ2v) is 6.64. The Hall–Kier alpha value is -1.37. The Morgan fingerprint density at radius 3 is 2.83 bits per heavy atom. The van der Waals surface area contributed by atoms with Crippen LogP contribution in [-0.4, -0.2) is 66.5 Å². The summed E-state index contributed by atoms with van der Waals surface area (Å²) in [6, 6.07) is 1.45. The van der Waals surface area contributed by atoms with Crippen molar-refractivity contribution in [3.8, 4) is 0 Å². The number of likely N-dealkylation sites (tertiary alicyclic amines) is 2. The number of amides is 2. The molecule has 0 spiro atoms. The van der Waals surface area contributed by atoms with Crippen molar-refractivity contribution in [3.63, 3.8) is 0 Å². The molecule has 0 saturated carbocycles. The number of pyridine rings is 1. The van der Waals surface area contributed by atoms with Crippen molar-refractivity contribution in [1.29, 1.82) is 0 Å². The molecule has 0 aromatic carbocycles. The molecule has 1 aromatic rings. The number of aromatic nitrogens is 1. The van der Waals surface area contributed by atoms with Crippen molar-refractivity contribution in [1.82, 2.24) is 14.8 Å². The van der Waals surface area contributed by atoms with Crippen LogP contribution in [0.15, 0.2) is 12.3 Å². The second kappa shape index (κ2) is 6.63. The summed E-state index contributed by atoms with van der Waals surface area (Å²) < 4.78 is 5.02. The summed E-state index contributed by atoms with van der Waals surface area (Å²) in [5.74, 6) is -0.0651. The third kappa shape index (κ3) is 3.16. The van der Waals surface area contributed by atoms with Crippen molar-refractivity contribution in [2.75, 3.05) is 39.9 Å². The first-order valence-electron chi connectivity index (χ1n) is 7.39. The molecule has 1 aromatic heterocycles. The Balaban J connectivity index is 1.67. The van der Waals surface area contributed by atoms with Gasteiger partial charge in [-0.2, -0.15) is 0 Å². The van der Waals surface area contributed by atoms with Gasteiger partial charge in [0.25, 0.3) is 5.91 Å². The van der Waals surface area contributed by atoms with Crippen LogP contribution in [0.1, 0.15) is 10.4 Å². The van der Waals surface area contributed by atoms with E-state index in [1.165, 1.54) is 12.3 Å². The van der Waals surface area contributed by atoms with Gasteiger partial charge in [0, 0.05) is 45.4 Å². The lowest BCUT2D eigenvalue weighted by Gasteiger charge is -2.22. The summed E-state index contributed by atoms with van der Waals surface area (Å²) in [7, 11) is 1.62. The van der Waals surface area contributed by atoms with Crippen molar-refractivity contribution in [2.45, 2.75) is 0 Å². The van der Waals surface area contributed by atoms with E-state index >= 15 is 0 Å². The van der Waals surface area contributed by atoms with E-state index in [2.05, 4.69) is 4.98 Å². The molecule has 2 fully saturated rings. The highest BCUT2D eigenvalue weighted by Gasteiger charge is 2.47. The Morgan fingerprint density at radius 2 is 2.17 bits per heavy atom. The maximum absolute atomic E-state index is 12.6. The van der Waals surface area contributed by atoms with Crippen molar-refractivity contribution >= 4 is 35.0 Å². The number of hydrogen-bond donors (Lipinski definition) is 0. The summed E-state index contributed by atoms with van der Waals surface area (Å²) in [5, 5.41) is 0.522. The molecule has 2 saturated heterocycles. The van der Waals surface area contributed by atoms with Crippen LogP contribution < -0.4 is 0 Å². The third-order valence-electron chi connectivity index (χ3n) is 4.43. The molecule has 0 radical (unpaired) electrons. The van der Waals surface area contributed by atoms with E-state index < -0.39 is 0 Å². The first kappa shape index (κ1) is 16.5. The highest BCUT2D eigenvalue weighted by molar-refractivity contribution is 6.36. The molecule has 0 bridgehead atoms. The molecule has 2 aliphatic heterocycles. The summed E-state index contributed by atoms with van der Waals surface area (Å²) in [5.41, 5.74) is 0.319. The van der Waals surface area contributed by atoms with Crippen LogP contribution in [0.2, 0.25) is 10.2 Å². The van der Waals surface area contributed by atoms with Crippen LogP contribution in [0.3, 0.4) is 0 Å². The van der Waals surface area contributed by atoms with Gasteiger partial charge in [0.15, 0.2) is 0 Å². The molecule has 3 heterocycles. The maximum atomic E-state index is 12.6. The van der Waals surface area contributed by atoms with Crippen LogP contribution >= 0.6 is 23.2 Å². The van der Waals surface area contributed by atoms with Gasteiger partial charge in [0.05, 0.1) is 23.1 Å². The lowest BCUT2D eigenvalue weighted by atomic mass is 10.0. The highest BCUT2D eigenvalue weighted by Crippen LogP contribution is 2.33. The number of rotatable bonds is 4. The minimum Gasteiger partial charge on any atom is -0.383 e. The smallest absolute Gasteiger partial charge is 0.256 e. The van der Waals surface area contributed by atoms with Gasteiger partial charge in [0.2, 0.25) is 5.91 Å². The molecule has 0 N–H and O–H groups in total. The number of methoxy groups -OCH3 is 1. The maximum Gasteiger partial charge on any atom is 0.256 e. The third-order valence-corrected chi connectivity index (χ3v) is 4.95. The van der Waals surface area contributed by atoms with Gasteiger partial charge in [-0.3, -0.25) is 9.59 Å². The van der Waals surface area contributed by atoms with E-state index in [9.17, 15) is 9.59 Å². The summed E-state index contributed by atoms with van der Waals surface area (Å²) in [4.78, 5) is 32.4. The van der Waals surface area contributed by atoms with Gasteiger partial charge >= 0.3 is 0 Å². The first-order valence-corrected chi connectivity index (χ1v) is 8.15. The monoisotopic (exact) mass is 357 g/mol. The average molecular weight is 358 g/mol. The van der Waals surface area contributed by atoms with Crippen LogP contribution in [0, 0.1) is 11.8 Å². The zero-order valence-corrected chi connectivity index (χ0v) is 14.2. The van der Waals surface area contributed by atoms with E-state index in [1.54, 1.807) is 12.0 Å². The fourth-order valence-corrected chi connectivity index (χ4v) is 3.69. The zero-order chi connectivity index (χ0) is 16.6. The second-order valence-electron chi connectivity index (χ2n) is 5.84. The van der Waals surface area contributed by atoms with Crippen LogP contribution in [-0.2, 0) is 9.53 Å². The van der Waals surface area contributed by atoms with Gasteiger partial charge in [0.1, 0.15) is 5.15 Å². The minimum atomic E-state index is -0.204. The normalized spacial score (nSPS) is 23.5. The largest absolute Gasteiger partial charge is 0.383 e. The molecule has 0 unspecified atom stereocenters. The van der Waals surface area contributed by atoms with E-state index in [4.69, 9.17) is 27.9 Å². The predicted octanol–water partition coefficient (Wildman–Crippen LogP) is 1.57. The van der Waals surface area contributed by atoms with E-state index in [0.717, 1.165) is 0 Å². The minimum absolute atomic E-state index is 0.0997. The molecule has 0 aliphatic carbocycles. The number of carbonyl (C=O) groups is 2. The number of nitrogens with zero attached hydrogens (tertiary/aromatic N) is 3. The van der Waals surface area contributed by atoms with Gasteiger partial charge in [-0.25, -0.2) is 4.98 Å². The SMILES string of the molecule is COCCN1C[C@@H]2CN(C(=O)c3cnc(Cl)cc3Cl)C[C@@H]2C1=O. The fraction of sp³-hybridized carbons (Fsp3) is 0.533. The molecule has 2 atom stereocenters. The predicted molar refractivity (Wildman–Crippen MR) is 85.6 cm³/mol. The Morgan fingerprint density at radius 1 is 1.39 bits per heavy atom.